The Morgan fingerprint density at radius 2 is 2.17 bits per heavy atom. The molecule has 23 heavy (non-hydrogen) atoms. The van der Waals surface area contributed by atoms with Gasteiger partial charge in [0.15, 0.2) is 11.5 Å². The zero-order valence-electron chi connectivity index (χ0n) is 13.6. The summed E-state index contributed by atoms with van der Waals surface area (Å²) in [6.07, 6.45) is 0.0707. The highest BCUT2D eigenvalue weighted by Gasteiger charge is 2.14. The fourth-order valence-corrected chi connectivity index (χ4v) is 2.89. The maximum absolute atomic E-state index is 5.84. The van der Waals surface area contributed by atoms with E-state index in [9.17, 15) is 0 Å². The lowest BCUT2D eigenvalue weighted by atomic mass is 10.2. The maximum atomic E-state index is 5.84. The van der Waals surface area contributed by atoms with Crippen LogP contribution in [-0.2, 0) is 6.54 Å². The fourth-order valence-electron chi connectivity index (χ4n) is 2.07. The van der Waals surface area contributed by atoms with Crippen molar-refractivity contribution in [3.8, 4) is 11.5 Å². The minimum Gasteiger partial charge on any atom is -0.490 e. The van der Waals surface area contributed by atoms with Gasteiger partial charge in [0, 0.05) is 0 Å². The van der Waals surface area contributed by atoms with E-state index in [0.717, 1.165) is 27.4 Å². The van der Waals surface area contributed by atoms with Crippen LogP contribution in [-0.4, -0.2) is 27.6 Å². The molecule has 1 heterocycles. The van der Waals surface area contributed by atoms with E-state index in [-0.39, 0.29) is 6.10 Å². The van der Waals surface area contributed by atoms with E-state index in [4.69, 9.17) is 21.7 Å². The molecule has 0 amide bonds. The summed E-state index contributed by atoms with van der Waals surface area (Å²) in [5.41, 5.74) is 4.28. The van der Waals surface area contributed by atoms with E-state index in [1.54, 1.807) is 4.68 Å². The number of nitrogens with one attached hydrogen (secondary N) is 2. The Hall–Kier alpha value is -1.54. The van der Waals surface area contributed by atoms with Gasteiger partial charge < -0.3 is 14.9 Å². The van der Waals surface area contributed by atoms with Crippen molar-refractivity contribution in [1.29, 1.82) is 0 Å². The second-order valence-electron chi connectivity index (χ2n) is 5.25. The molecule has 1 aromatic heterocycles. The first-order chi connectivity index (χ1) is 10.9. The summed E-state index contributed by atoms with van der Waals surface area (Å²) in [6, 6.07) is 3.98. The number of nitrogens with zero attached hydrogens (tertiary/aromatic N) is 2. The van der Waals surface area contributed by atoms with Crippen LogP contribution in [0.2, 0.25) is 0 Å². The van der Waals surface area contributed by atoms with E-state index in [0.29, 0.717) is 17.9 Å². The van der Waals surface area contributed by atoms with Gasteiger partial charge in [-0.25, -0.2) is 4.68 Å². The van der Waals surface area contributed by atoms with Crippen molar-refractivity contribution >= 4 is 28.1 Å². The Kier molecular flexibility index (Phi) is 6.06. The van der Waals surface area contributed by atoms with Crippen molar-refractivity contribution in [3.63, 3.8) is 0 Å². The van der Waals surface area contributed by atoms with Crippen LogP contribution in [0.25, 0.3) is 0 Å². The van der Waals surface area contributed by atoms with Crippen molar-refractivity contribution < 1.29 is 9.47 Å². The average molecular weight is 401 g/mol. The number of ether oxygens (including phenoxy) is 2. The van der Waals surface area contributed by atoms with E-state index >= 15 is 0 Å². The molecule has 0 aliphatic carbocycles. The number of hydrogen-bond acceptors (Lipinski definition) is 5. The number of H-pyrrole nitrogens is 1. The van der Waals surface area contributed by atoms with Crippen molar-refractivity contribution in [2.45, 2.75) is 40.3 Å². The third-order valence-electron chi connectivity index (χ3n) is 3.00. The normalized spacial score (nSPS) is 10.9. The molecule has 0 aliphatic rings. The maximum Gasteiger partial charge on any atom is 0.214 e. The first-order valence-electron chi connectivity index (χ1n) is 7.42. The van der Waals surface area contributed by atoms with E-state index in [2.05, 4.69) is 31.6 Å². The highest BCUT2D eigenvalue weighted by molar-refractivity contribution is 9.10. The van der Waals surface area contributed by atoms with Gasteiger partial charge in [0.05, 0.1) is 23.7 Å². The van der Waals surface area contributed by atoms with Gasteiger partial charge >= 0.3 is 0 Å². The van der Waals surface area contributed by atoms with Crippen LogP contribution < -0.4 is 14.9 Å². The second kappa shape index (κ2) is 7.83. The van der Waals surface area contributed by atoms with E-state index in [1.165, 1.54) is 0 Å². The monoisotopic (exact) mass is 400 g/mol. The summed E-state index contributed by atoms with van der Waals surface area (Å²) in [4.78, 5) is 0. The molecule has 0 saturated carbocycles. The number of aromatic amines is 1. The number of hydrogen-bond donors (Lipinski definition) is 2. The number of aryl methyl sites for hydroxylation is 1. The predicted molar refractivity (Wildman–Crippen MR) is 96.3 cm³/mol. The van der Waals surface area contributed by atoms with Crippen LogP contribution >= 0.6 is 28.1 Å². The largest absolute Gasteiger partial charge is 0.490 e. The third kappa shape index (κ3) is 4.48. The zero-order valence-corrected chi connectivity index (χ0v) is 16.0. The lowest BCUT2D eigenvalue weighted by molar-refractivity contribution is 0.222. The van der Waals surface area contributed by atoms with E-state index < -0.39 is 0 Å². The molecule has 126 valence electrons. The molecule has 0 atom stereocenters. The Bertz CT molecular complexity index is 727. The molecule has 0 spiro atoms. The summed E-state index contributed by atoms with van der Waals surface area (Å²) >= 11 is 8.74. The Balaban J connectivity index is 2.24. The first kappa shape index (κ1) is 17.8. The molecular formula is C15H21BrN4O2S. The van der Waals surface area contributed by atoms with Gasteiger partial charge in [-0.1, -0.05) is 0 Å². The number of benzene rings is 1. The van der Waals surface area contributed by atoms with Gasteiger partial charge in [0.1, 0.15) is 5.82 Å². The molecule has 0 saturated heterocycles. The van der Waals surface area contributed by atoms with Crippen LogP contribution in [0.4, 0.5) is 0 Å². The Morgan fingerprint density at radius 3 is 2.74 bits per heavy atom. The van der Waals surface area contributed by atoms with Crippen LogP contribution in [0.3, 0.4) is 0 Å². The molecule has 1 aromatic carbocycles. The highest BCUT2D eigenvalue weighted by atomic mass is 79.9. The summed E-state index contributed by atoms with van der Waals surface area (Å²) in [7, 11) is 0. The predicted octanol–water partition coefficient (Wildman–Crippen LogP) is 3.94. The molecule has 0 radical (unpaired) electrons. The lowest BCUT2D eigenvalue weighted by Crippen LogP contribution is -2.16. The molecule has 8 heteroatoms. The highest BCUT2D eigenvalue weighted by Crippen LogP contribution is 2.37. The van der Waals surface area contributed by atoms with Gasteiger partial charge in [-0.15, -0.1) is 0 Å². The summed E-state index contributed by atoms with van der Waals surface area (Å²) < 4.78 is 14.7. The number of rotatable bonds is 7. The Labute approximate surface area is 149 Å². The van der Waals surface area contributed by atoms with Crippen LogP contribution in [0.5, 0.6) is 11.5 Å². The summed E-state index contributed by atoms with van der Waals surface area (Å²) in [5, 5.41) is 6.82. The van der Waals surface area contributed by atoms with Gasteiger partial charge in [0.2, 0.25) is 4.77 Å². The number of halogens is 1. The molecule has 2 aromatic rings. The van der Waals surface area contributed by atoms with Gasteiger partial charge in [-0.3, -0.25) is 5.10 Å². The van der Waals surface area contributed by atoms with Gasteiger partial charge in [0.25, 0.3) is 0 Å². The minimum absolute atomic E-state index is 0.0707. The van der Waals surface area contributed by atoms with Gasteiger partial charge in [-0.2, -0.15) is 5.10 Å². The van der Waals surface area contributed by atoms with Crippen molar-refractivity contribution in [2.75, 3.05) is 12.0 Å². The smallest absolute Gasteiger partial charge is 0.214 e. The minimum atomic E-state index is 0.0707. The molecule has 2 N–H and O–H groups in total. The average Bonchev–Trinajstić information content (AvgIpc) is 2.79. The zero-order chi connectivity index (χ0) is 17.0. The molecule has 2 rings (SSSR count). The fraction of sp³-hybridized carbons (Fsp3) is 0.467. The molecule has 0 bridgehead atoms. The quantitative estimate of drug-likeness (QED) is 0.688. The number of aromatic nitrogens is 3. The van der Waals surface area contributed by atoms with Crippen LogP contribution in [0.1, 0.15) is 32.2 Å². The van der Waals surface area contributed by atoms with Gasteiger partial charge in [-0.05, 0) is 73.5 Å². The SMILES string of the molecule is CCOc1cc(CNn2c(C)n[nH]c2=S)cc(Br)c1OC(C)C. The lowest BCUT2D eigenvalue weighted by Gasteiger charge is -2.18. The van der Waals surface area contributed by atoms with Crippen molar-refractivity contribution in [2.24, 2.45) is 0 Å². The van der Waals surface area contributed by atoms with Crippen molar-refractivity contribution in [3.05, 3.63) is 32.8 Å². The summed E-state index contributed by atoms with van der Waals surface area (Å²) in [5.74, 6) is 2.22. The van der Waals surface area contributed by atoms with Crippen LogP contribution in [0.15, 0.2) is 16.6 Å². The molecule has 0 aliphatic heterocycles. The molecule has 0 unspecified atom stereocenters. The first-order valence-corrected chi connectivity index (χ1v) is 8.62. The summed E-state index contributed by atoms with van der Waals surface area (Å²) in [6.45, 7) is 8.95. The van der Waals surface area contributed by atoms with Crippen LogP contribution in [0, 0.1) is 11.7 Å². The molecular weight excluding hydrogens is 380 g/mol. The topological polar surface area (TPSA) is 64.1 Å². The molecule has 6 nitrogen and oxygen atoms in total. The third-order valence-corrected chi connectivity index (χ3v) is 3.87. The Morgan fingerprint density at radius 1 is 1.43 bits per heavy atom. The second-order valence-corrected chi connectivity index (χ2v) is 6.49. The van der Waals surface area contributed by atoms with E-state index in [1.807, 2.05) is 39.8 Å². The standard InChI is InChI=1S/C15H21BrN4O2S/c1-5-21-13-7-11(6-12(16)14(13)22-9(2)3)8-17-20-10(4)18-19-15(20)23/h6-7,9,17H,5,8H2,1-4H3,(H,19,23). The van der Waals surface area contributed by atoms with Crippen molar-refractivity contribution in [1.82, 2.24) is 14.9 Å². The molecule has 0 fully saturated rings.